The topological polar surface area (TPSA) is 77.2 Å². The summed E-state index contributed by atoms with van der Waals surface area (Å²) >= 11 is 0. The Bertz CT molecular complexity index is 438. The van der Waals surface area contributed by atoms with Crippen LogP contribution >= 0.6 is 0 Å². The number of aliphatic carboxylic acids is 1. The first kappa shape index (κ1) is 13.0. The molecular formula is C12H15N3O2. The van der Waals surface area contributed by atoms with E-state index in [-0.39, 0.29) is 6.54 Å². The Kier molecular flexibility index (Phi) is 4.46. The van der Waals surface area contributed by atoms with Gasteiger partial charge < -0.3 is 10.0 Å². The summed E-state index contributed by atoms with van der Waals surface area (Å²) in [5.74, 6) is -0.0585. The van der Waals surface area contributed by atoms with E-state index in [9.17, 15) is 4.79 Å². The van der Waals surface area contributed by atoms with Crippen molar-refractivity contribution in [3.05, 3.63) is 23.9 Å². The Morgan fingerprint density at radius 2 is 2.35 bits per heavy atom. The molecule has 0 aromatic carbocycles. The number of carboxylic acids is 1. The van der Waals surface area contributed by atoms with Gasteiger partial charge in [0.15, 0.2) is 0 Å². The Balaban J connectivity index is 2.95. The fraction of sp³-hybridized carbons (Fsp3) is 0.417. The summed E-state index contributed by atoms with van der Waals surface area (Å²) in [6.07, 6.45) is 1.52. The van der Waals surface area contributed by atoms with Crippen molar-refractivity contribution in [2.75, 3.05) is 18.0 Å². The van der Waals surface area contributed by atoms with Crippen LogP contribution < -0.4 is 4.90 Å². The third kappa shape index (κ3) is 4.11. The van der Waals surface area contributed by atoms with Crippen molar-refractivity contribution in [2.24, 2.45) is 5.92 Å². The molecule has 0 saturated carbocycles. The molecule has 1 aromatic heterocycles. The molecule has 5 heteroatoms. The summed E-state index contributed by atoms with van der Waals surface area (Å²) in [6.45, 7) is 4.49. The molecule has 0 bridgehead atoms. The predicted octanol–water partition coefficient (Wildman–Crippen LogP) is 1.50. The van der Waals surface area contributed by atoms with Gasteiger partial charge in [0, 0.05) is 12.7 Å². The maximum Gasteiger partial charge on any atom is 0.323 e. The minimum absolute atomic E-state index is 0.111. The van der Waals surface area contributed by atoms with Crippen LogP contribution in [0.25, 0.3) is 0 Å². The lowest BCUT2D eigenvalue weighted by molar-refractivity contribution is -0.135. The van der Waals surface area contributed by atoms with E-state index in [1.807, 2.05) is 19.9 Å². The first-order valence-corrected chi connectivity index (χ1v) is 5.36. The summed E-state index contributed by atoms with van der Waals surface area (Å²) < 4.78 is 0. The van der Waals surface area contributed by atoms with E-state index in [0.29, 0.717) is 23.8 Å². The number of carbonyl (C=O) groups is 1. The number of aromatic nitrogens is 1. The van der Waals surface area contributed by atoms with E-state index in [2.05, 4.69) is 4.98 Å². The van der Waals surface area contributed by atoms with Crippen LogP contribution in [0, 0.1) is 17.2 Å². The van der Waals surface area contributed by atoms with Gasteiger partial charge in [-0.3, -0.25) is 4.79 Å². The molecule has 1 N–H and O–H groups in total. The minimum Gasteiger partial charge on any atom is -0.480 e. The van der Waals surface area contributed by atoms with E-state index in [0.717, 1.165) is 0 Å². The number of hydrogen-bond acceptors (Lipinski definition) is 4. The molecule has 90 valence electrons. The van der Waals surface area contributed by atoms with Crippen molar-refractivity contribution in [3.8, 4) is 6.07 Å². The SMILES string of the molecule is CC(C)CN(CC(=O)O)c1cc(C#N)ccn1. The molecular weight excluding hydrogens is 218 g/mol. The molecule has 0 saturated heterocycles. The number of rotatable bonds is 5. The highest BCUT2D eigenvalue weighted by atomic mass is 16.4. The van der Waals surface area contributed by atoms with Crippen LogP contribution in [-0.2, 0) is 4.79 Å². The summed E-state index contributed by atoms with van der Waals surface area (Å²) in [5.41, 5.74) is 0.481. The highest BCUT2D eigenvalue weighted by Crippen LogP contribution is 2.13. The quantitative estimate of drug-likeness (QED) is 0.833. The number of carboxylic acid groups (broad SMARTS) is 1. The van der Waals surface area contributed by atoms with Crippen LogP contribution in [0.1, 0.15) is 19.4 Å². The number of anilines is 1. The zero-order valence-corrected chi connectivity index (χ0v) is 9.92. The number of nitriles is 1. The molecule has 0 aliphatic rings. The van der Waals surface area contributed by atoms with Crippen LogP contribution in [-0.4, -0.2) is 29.1 Å². The molecule has 1 rings (SSSR count). The van der Waals surface area contributed by atoms with E-state index in [4.69, 9.17) is 10.4 Å². The smallest absolute Gasteiger partial charge is 0.323 e. The highest BCUT2D eigenvalue weighted by molar-refractivity contribution is 5.73. The number of nitrogens with zero attached hydrogens (tertiary/aromatic N) is 3. The molecule has 0 aliphatic carbocycles. The maximum absolute atomic E-state index is 10.8. The molecule has 5 nitrogen and oxygen atoms in total. The van der Waals surface area contributed by atoms with Gasteiger partial charge in [-0.05, 0) is 18.1 Å². The zero-order valence-electron chi connectivity index (χ0n) is 9.92. The Morgan fingerprint density at radius 1 is 1.65 bits per heavy atom. The van der Waals surface area contributed by atoms with Crippen molar-refractivity contribution < 1.29 is 9.90 Å². The standard InChI is InChI=1S/C12H15N3O2/c1-9(2)7-15(8-12(16)17)11-5-10(6-13)3-4-14-11/h3-5,9H,7-8H2,1-2H3,(H,16,17). The second kappa shape index (κ2) is 5.85. The summed E-state index contributed by atoms with van der Waals surface area (Å²) in [4.78, 5) is 16.6. The second-order valence-corrected chi connectivity index (χ2v) is 4.18. The van der Waals surface area contributed by atoms with Gasteiger partial charge in [0.2, 0.25) is 0 Å². The van der Waals surface area contributed by atoms with E-state index < -0.39 is 5.97 Å². The molecule has 0 unspecified atom stereocenters. The Morgan fingerprint density at radius 3 is 2.88 bits per heavy atom. The van der Waals surface area contributed by atoms with Gasteiger partial charge in [-0.25, -0.2) is 4.98 Å². The molecule has 17 heavy (non-hydrogen) atoms. The van der Waals surface area contributed by atoms with Crippen LogP contribution in [0.4, 0.5) is 5.82 Å². The maximum atomic E-state index is 10.8. The van der Waals surface area contributed by atoms with Crippen molar-refractivity contribution in [1.82, 2.24) is 4.98 Å². The molecule has 1 heterocycles. The Labute approximate surface area is 100 Å². The molecule has 0 spiro atoms. The lowest BCUT2D eigenvalue weighted by atomic mass is 10.2. The van der Waals surface area contributed by atoms with Crippen molar-refractivity contribution in [3.63, 3.8) is 0 Å². The molecule has 0 fully saturated rings. The number of pyridine rings is 1. The van der Waals surface area contributed by atoms with Crippen LogP contribution in [0.2, 0.25) is 0 Å². The fourth-order valence-electron chi connectivity index (χ4n) is 1.50. The second-order valence-electron chi connectivity index (χ2n) is 4.18. The van der Waals surface area contributed by atoms with Gasteiger partial charge in [0.25, 0.3) is 0 Å². The predicted molar refractivity (Wildman–Crippen MR) is 63.6 cm³/mol. The first-order chi connectivity index (χ1) is 8.02. The summed E-state index contributed by atoms with van der Waals surface area (Å²) in [7, 11) is 0. The lowest BCUT2D eigenvalue weighted by Gasteiger charge is -2.23. The van der Waals surface area contributed by atoms with Gasteiger partial charge in [-0.1, -0.05) is 13.8 Å². The number of hydrogen-bond donors (Lipinski definition) is 1. The minimum atomic E-state index is -0.908. The van der Waals surface area contributed by atoms with Gasteiger partial charge in [-0.15, -0.1) is 0 Å². The average molecular weight is 233 g/mol. The third-order valence-electron chi connectivity index (χ3n) is 2.11. The first-order valence-electron chi connectivity index (χ1n) is 5.36. The van der Waals surface area contributed by atoms with E-state index in [1.54, 1.807) is 17.0 Å². The van der Waals surface area contributed by atoms with Gasteiger partial charge in [0.1, 0.15) is 12.4 Å². The molecule has 1 aromatic rings. The van der Waals surface area contributed by atoms with Crippen molar-refractivity contribution >= 4 is 11.8 Å². The zero-order chi connectivity index (χ0) is 12.8. The largest absolute Gasteiger partial charge is 0.480 e. The Hall–Kier alpha value is -2.09. The summed E-state index contributed by atoms with van der Waals surface area (Å²) in [6, 6.07) is 5.21. The van der Waals surface area contributed by atoms with Crippen molar-refractivity contribution in [1.29, 1.82) is 5.26 Å². The third-order valence-corrected chi connectivity index (χ3v) is 2.11. The monoisotopic (exact) mass is 233 g/mol. The molecule has 0 radical (unpaired) electrons. The van der Waals surface area contributed by atoms with E-state index >= 15 is 0 Å². The molecule has 0 atom stereocenters. The van der Waals surface area contributed by atoms with Crippen LogP contribution in [0.15, 0.2) is 18.3 Å². The lowest BCUT2D eigenvalue weighted by Crippen LogP contribution is -2.33. The fourth-order valence-corrected chi connectivity index (χ4v) is 1.50. The van der Waals surface area contributed by atoms with Gasteiger partial charge in [0.05, 0.1) is 11.6 Å². The van der Waals surface area contributed by atoms with E-state index in [1.165, 1.54) is 6.20 Å². The van der Waals surface area contributed by atoms with Gasteiger partial charge >= 0.3 is 5.97 Å². The van der Waals surface area contributed by atoms with Gasteiger partial charge in [-0.2, -0.15) is 5.26 Å². The molecule has 0 aliphatic heterocycles. The average Bonchev–Trinajstić information content (AvgIpc) is 2.27. The highest BCUT2D eigenvalue weighted by Gasteiger charge is 2.13. The summed E-state index contributed by atoms with van der Waals surface area (Å²) in [5, 5.41) is 17.6. The van der Waals surface area contributed by atoms with Crippen LogP contribution in [0.5, 0.6) is 0 Å². The van der Waals surface area contributed by atoms with Crippen molar-refractivity contribution in [2.45, 2.75) is 13.8 Å². The molecule has 0 amide bonds. The normalized spacial score (nSPS) is 10.0. The van der Waals surface area contributed by atoms with Crippen LogP contribution in [0.3, 0.4) is 0 Å².